The van der Waals surface area contributed by atoms with Crippen LogP contribution in [0.25, 0.3) is 28.2 Å². The van der Waals surface area contributed by atoms with E-state index in [9.17, 15) is 0 Å². The number of fused-ring (bicyclic) bond motifs is 2. The van der Waals surface area contributed by atoms with E-state index in [2.05, 4.69) is 132 Å². The van der Waals surface area contributed by atoms with Gasteiger partial charge in [0, 0.05) is 29.8 Å². The predicted octanol–water partition coefficient (Wildman–Crippen LogP) is 10.1. The van der Waals surface area contributed by atoms with Gasteiger partial charge in [0.15, 0.2) is 0 Å². The van der Waals surface area contributed by atoms with Crippen LogP contribution in [0.15, 0.2) is 134 Å². The monoisotopic (exact) mass is 556 g/mol. The van der Waals surface area contributed by atoms with Crippen LogP contribution in [0.3, 0.4) is 0 Å². The number of aryl methyl sites for hydroxylation is 2. The first kappa shape index (κ1) is 26.0. The van der Waals surface area contributed by atoms with Crippen molar-refractivity contribution in [2.45, 2.75) is 50.4 Å². The second-order valence-corrected chi connectivity index (χ2v) is 12.1. The van der Waals surface area contributed by atoms with Gasteiger partial charge in [0.05, 0.1) is 5.69 Å². The molecule has 0 saturated heterocycles. The Bertz CT molecular complexity index is 1800. The van der Waals surface area contributed by atoms with Crippen LogP contribution in [0.1, 0.15) is 70.9 Å². The lowest BCUT2D eigenvalue weighted by atomic mass is 9.74. The van der Waals surface area contributed by atoms with Gasteiger partial charge in [0.1, 0.15) is 5.82 Å². The fourth-order valence-electron chi connectivity index (χ4n) is 7.71. The number of hydrogen-bond acceptors (Lipinski definition) is 1. The molecule has 0 fully saturated rings. The standard InChI is InChI=1S/C41H36N2/c1-2-11-29(12-3-1)30-23-25-33(26-24-30)41-42-27-28-43(41)40-38(36-19-8-15-31-13-4-6-17-34(31)36)21-10-22-39(40)37-20-9-16-32-14-5-7-18-35(32)37/h1-7,10-14,17-18,21-28,36-37H,8-9,15-16,19-20H2. The van der Waals surface area contributed by atoms with Crippen molar-refractivity contribution in [2.24, 2.45) is 0 Å². The van der Waals surface area contributed by atoms with E-state index in [0.29, 0.717) is 11.8 Å². The van der Waals surface area contributed by atoms with Crippen LogP contribution in [0, 0.1) is 0 Å². The maximum absolute atomic E-state index is 4.99. The molecule has 6 aromatic rings. The maximum atomic E-state index is 4.99. The van der Waals surface area contributed by atoms with Crippen molar-refractivity contribution < 1.29 is 0 Å². The van der Waals surface area contributed by atoms with Gasteiger partial charge < -0.3 is 0 Å². The lowest BCUT2D eigenvalue weighted by Crippen LogP contribution is -2.18. The van der Waals surface area contributed by atoms with Gasteiger partial charge in [-0.1, -0.05) is 121 Å². The van der Waals surface area contributed by atoms with Crippen molar-refractivity contribution in [1.29, 1.82) is 0 Å². The number of nitrogens with zero attached hydrogens (tertiary/aromatic N) is 2. The first-order valence-electron chi connectivity index (χ1n) is 15.8. The summed E-state index contributed by atoms with van der Waals surface area (Å²) < 4.78 is 2.40. The molecule has 210 valence electrons. The topological polar surface area (TPSA) is 17.8 Å². The van der Waals surface area contributed by atoms with E-state index in [1.807, 2.05) is 6.20 Å². The van der Waals surface area contributed by atoms with E-state index in [1.165, 1.54) is 88.7 Å². The molecule has 1 aromatic heterocycles. The number of aromatic nitrogens is 2. The van der Waals surface area contributed by atoms with Gasteiger partial charge in [0.2, 0.25) is 0 Å². The number of para-hydroxylation sites is 1. The van der Waals surface area contributed by atoms with Crippen molar-refractivity contribution in [2.75, 3.05) is 0 Å². The van der Waals surface area contributed by atoms with Crippen LogP contribution in [0.5, 0.6) is 0 Å². The van der Waals surface area contributed by atoms with Gasteiger partial charge in [-0.3, -0.25) is 4.57 Å². The van der Waals surface area contributed by atoms with Crippen LogP contribution in [0.2, 0.25) is 0 Å². The van der Waals surface area contributed by atoms with Crippen LogP contribution in [-0.2, 0) is 12.8 Å². The lowest BCUT2D eigenvalue weighted by Gasteiger charge is -2.32. The highest BCUT2D eigenvalue weighted by atomic mass is 15.1. The third-order valence-corrected chi connectivity index (χ3v) is 9.72. The van der Waals surface area contributed by atoms with Crippen molar-refractivity contribution in [3.05, 3.63) is 167 Å². The zero-order valence-electron chi connectivity index (χ0n) is 24.5. The Morgan fingerprint density at radius 2 is 1.00 bits per heavy atom. The molecule has 0 amide bonds. The van der Waals surface area contributed by atoms with E-state index in [-0.39, 0.29) is 0 Å². The summed E-state index contributed by atoms with van der Waals surface area (Å²) in [5.74, 6) is 1.74. The molecule has 0 N–H and O–H groups in total. The summed E-state index contributed by atoms with van der Waals surface area (Å²) in [6.45, 7) is 0. The molecule has 43 heavy (non-hydrogen) atoms. The smallest absolute Gasteiger partial charge is 0.144 e. The third-order valence-electron chi connectivity index (χ3n) is 9.72. The Balaban J connectivity index is 1.31. The Kier molecular flexibility index (Phi) is 6.76. The van der Waals surface area contributed by atoms with Gasteiger partial charge in [-0.2, -0.15) is 0 Å². The van der Waals surface area contributed by atoms with Gasteiger partial charge in [0.25, 0.3) is 0 Å². The second-order valence-electron chi connectivity index (χ2n) is 12.1. The van der Waals surface area contributed by atoms with E-state index in [0.717, 1.165) is 11.4 Å². The molecule has 0 radical (unpaired) electrons. The quantitative estimate of drug-likeness (QED) is 0.207. The normalized spacial score (nSPS) is 17.7. The minimum atomic E-state index is 0.370. The fourth-order valence-corrected chi connectivity index (χ4v) is 7.71. The number of imidazole rings is 1. The molecule has 0 aliphatic heterocycles. The summed E-state index contributed by atoms with van der Waals surface area (Å²) in [6.07, 6.45) is 11.3. The SMILES string of the molecule is c1ccc(-c2ccc(-c3nccn3-c3c(C4CCCc5ccccc54)cccc3C3CCCc4ccccc43)cc2)cc1. The Morgan fingerprint density at radius 1 is 0.488 bits per heavy atom. The maximum Gasteiger partial charge on any atom is 0.144 e. The van der Waals surface area contributed by atoms with E-state index in [1.54, 1.807) is 0 Å². The first-order chi connectivity index (χ1) is 21.3. The van der Waals surface area contributed by atoms with Crippen LogP contribution >= 0.6 is 0 Å². The van der Waals surface area contributed by atoms with Crippen molar-refractivity contribution >= 4 is 0 Å². The highest BCUT2D eigenvalue weighted by molar-refractivity contribution is 5.70. The average molecular weight is 557 g/mol. The zero-order chi connectivity index (χ0) is 28.6. The van der Waals surface area contributed by atoms with Gasteiger partial charge in [-0.05, 0) is 83.0 Å². The second kappa shape index (κ2) is 11.2. The summed E-state index contributed by atoms with van der Waals surface area (Å²) in [5, 5.41) is 0. The summed E-state index contributed by atoms with van der Waals surface area (Å²) >= 11 is 0. The Morgan fingerprint density at radius 3 is 1.63 bits per heavy atom. The summed E-state index contributed by atoms with van der Waals surface area (Å²) in [7, 11) is 0. The van der Waals surface area contributed by atoms with Crippen LogP contribution in [0.4, 0.5) is 0 Å². The number of hydrogen-bond donors (Lipinski definition) is 0. The molecule has 2 heteroatoms. The predicted molar refractivity (Wildman–Crippen MR) is 177 cm³/mol. The largest absolute Gasteiger partial charge is 0.299 e. The number of benzene rings is 5. The molecule has 0 spiro atoms. The van der Waals surface area contributed by atoms with E-state index < -0.39 is 0 Å². The fraction of sp³-hybridized carbons (Fsp3) is 0.195. The van der Waals surface area contributed by atoms with Gasteiger partial charge in [-0.25, -0.2) is 4.98 Å². The summed E-state index contributed by atoms with van der Waals surface area (Å²) in [5.41, 5.74) is 13.7. The zero-order valence-corrected chi connectivity index (χ0v) is 24.5. The van der Waals surface area contributed by atoms with Crippen molar-refractivity contribution in [3.8, 4) is 28.2 Å². The molecule has 1 heterocycles. The molecule has 2 atom stereocenters. The summed E-state index contributed by atoms with van der Waals surface area (Å²) in [6, 6.07) is 44.8. The van der Waals surface area contributed by atoms with Crippen LogP contribution in [-0.4, -0.2) is 9.55 Å². The molecule has 0 bridgehead atoms. The van der Waals surface area contributed by atoms with Crippen LogP contribution < -0.4 is 0 Å². The molecule has 2 unspecified atom stereocenters. The molecule has 2 nitrogen and oxygen atoms in total. The Hall–Kier alpha value is -4.69. The molecule has 0 saturated carbocycles. The van der Waals surface area contributed by atoms with Crippen molar-refractivity contribution in [3.63, 3.8) is 0 Å². The van der Waals surface area contributed by atoms with E-state index in [4.69, 9.17) is 4.98 Å². The Labute approximate surface area is 254 Å². The molecular formula is C41H36N2. The minimum Gasteiger partial charge on any atom is -0.299 e. The molecule has 8 rings (SSSR count). The van der Waals surface area contributed by atoms with Gasteiger partial charge >= 0.3 is 0 Å². The molecule has 2 aliphatic rings. The van der Waals surface area contributed by atoms with Gasteiger partial charge in [-0.15, -0.1) is 0 Å². The van der Waals surface area contributed by atoms with Crippen molar-refractivity contribution in [1.82, 2.24) is 9.55 Å². The molecule has 2 aliphatic carbocycles. The molecule has 5 aromatic carbocycles. The first-order valence-corrected chi connectivity index (χ1v) is 15.8. The highest BCUT2D eigenvalue weighted by Gasteiger charge is 2.30. The minimum absolute atomic E-state index is 0.370. The third kappa shape index (κ3) is 4.72. The summed E-state index contributed by atoms with van der Waals surface area (Å²) in [4.78, 5) is 4.99. The lowest BCUT2D eigenvalue weighted by molar-refractivity contribution is 0.600. The average Bonchev–Trinajstić information content (AvgIpc) is 3.58. The molecular weight excluding hydrogens is 520 g/mol. The van der Waals surface area contributed by atoms with E-state index >= 15 is 0 Å². The highest BCUT2D eigenvalue weighted by Crippen LogP contribution is 2.45. The number of rotatable bonds is 5.